The molecule has 2 unspecified atom stereocenters. The van der Waals surface area contributed by atoms with E-state index in [1.807, 2.05) is 142 Å². The number of nitrogens with one attached hydrogen (secondary N) is 5. The molecule has 88 heavy (non-hydrogen) atoms. The van der Waals surface area contributed by atoms with Gasteiger partial charge in [-0.3, -0.25) is 38.4 Å². The van der Waals surface area contributed by atoms with E-state index in [0.29, 0.717) is 64.6 Å². The summed E-state index contributed by atoms with van der Waals surface area (Å²) < 4.78 is 0. The number of unbranched alkanes of at least 4 members (excludes halogenated alkanes) is 4. The van der Waals surface area contributed by atoms with Crippen molar-refractivity contribution in [2.45, 2.75) is 210 Å². The lowest BCUT2D eigenvalue weighted by atomic mass is 9.76. The summed E-state index contributed by atoms with van der Waals surface area (Å²) in [5, 5.41) is 15.8. The average Bonchev–Trinajstić information content (AvgIpc) is 4.40. The van der Waals surface area contributed by atoms with Crippen molar-refractivity contribution in [3.05, 3.63) is 144 Å². The number of carbonyl (C=O) groups excluding carboxylic acids is 8. The monoisotopic (exact) mass is 1200 g/mol. The number of hydrogen-bond acceptors (Lipinski definition) is 9. The zero-order valence-corrected chi connectivity index (χ0v) is 52.8. The van der Waals surface area contributed by atoms with Crippen LogP contribution >= 0.6 is 0 Å². The predicted octanol–water partition coefficient (Wildman–Crippen LogP) is 10.5. The number of likely N-dealkylation sites (N-methyl/N-ethyl adjacent to an activating group) is 1. The SMILES string of the molecule is CC[C@@H](C)C(=O)N[C@H](C(=O)N1CCCC1C(=O)N[C@H](C(=O)NCCCCCCCC(=O)[C@@H](NC(=O)C1CCCN1C(=O)[C@@H](CC(=O)[C@@H](C)NC)C1CCCCC1)C(c1ccccc1)c1ccccc1)C(c1ccccc1)c1ccccc1)C1CCCCC1. The molecule has 0 radical (unpaired) electrons. The molecule has 2 aliphatic carbocycles. The number of hydrogen-bond donors (Lipinski definition) is 5. The Labute approximate surface area is 523 Å². The van der Waals surface area contributed by atoms with Crippen molar-refractivity contribution >= 4 is 47.0 Å². The van der Waals surface area contributed by atoms with E-state index in [1.54, 1.807) is 16.8 Å². The Hall–Kier alpha value is -7.00. The molecule has 0 aromatic heterocycles. The van der Waals surface area contributed by atoms with Crippen LogP contribution in [0.4, 0.5) is 0 Å². The minimum absolute atomic E-state index is 0.00630. The molecule has 0 bridgehead atoms. The summed E-state index contributed by atoms with van der Waals surface area (Å²) in [6, 6.07) is 34.4. The lowest BCUT2D eigenvalue weighted by Crippen LogP contribution is -2.59. The molecule has 4 aromatic rings. The summed E-state index contributed by atoms with van der Waals surface area (Å²) in [4.78, 5) is 119. The van der Waals surface area contributed by atoms with E-state index in [-0.39, 0.29) is 77.7 Å². The first-order valence-corrected chi connectivity index (χ1v) is 33.5. The van der Waals surface area contributed by atoms with Crippen LogP contribution in [0.5, 0.6) is 0 Å². The molecular weight excluding hydrogens is 1100 g/mol. The molecule has 2 saturated carbocycles. The van der Waals surface area contributed by atoms with E-state index < -0.39 is 53.9 Å². The van der Waals surface area contributed by atoms with Gasteiger partial charge in [-0.05, 0) is 119 Å². The maximum atomic E-state index is 14.9. The van der Waals surface area contributed by atoms with E-state index in [1.165, 1.54) is 0 Å². The van der Waals surface area contributed by atoms with Gasteiger partial charge in [-0.2, -0.15) is 0 Å². The van der Waals surface area contributed by atoms with Gasteiger partial charge in [-0.1, -0.05) is 193 Å². The van der Waals surface area contributed by atoms with Crippen molar-refractivity contribution in [1.29, 1.82) is 0 Å². The topological polar surface area (TPSA) is 203 Å². The third-order valence-electron chi connectivity index (χ3n) is 19.7. The maximum absolute atomic E-state index is 14.9. The Kier molecular flexibility index (Phi) is 25.9. The smallest absolute Gasteiger partial charge is 0.246 e. The average molecular weight is 1200 g/mol. The lowest BCUT2D eigenvalue weighted by molar-refractivity contribution is -0.145. The second-order valence-corrected chi connectivity index (χ2v) is 25.6. The van der Waals surface area contributed by atoms with Crippen LogP contribution in [0.25, 0.3) is 0 Å². The number of likely N-dealkylation sites (tertiary alicyclic amines) is 2. The number of ketones is 2. The van der Waals surface area contributed by atoms with Crippen LogP contribution in [0.1, 0.15) is 196 Å². The molecule has 15 heteroatoms. The van der Waals surface area contributed by atoms with Crippen LogP contribution in [0.3, 0.4) is 0 Å². The van der Waals surface area contributed by atoms with Gasteiger partial charge < -0.3 is 36.4 Å². The Balaban J connectivity index is 0.921. The van der Waals surface area contributed by atoms with Gasteiger partial charge in [0.25, 0.3) is 0 Å². The highest BCUT2D eigenvalue weighted by Crippen LogP contribution is 2.37. The van der Waals surface area contributed by atoms with Crippen molar-refractivity contribution in [2.24, 2.45) is 23.7 Å². The molecule has 6 amide bonds. The van der Waals surface area contributed by atoms with Crippen LogP contribution in [0, 0.1) is 23.7 Å². The standard InChI is InChI=1S/C73H99N7O8/c1-5-50(2)68(83)76-65(57-41-25-14-26-42-57)73(88)80-48-30-44-60(80)70(85)78-67(64(55-37-21-12-22-38-55)56-39-23-13-24-40-56)71(86)75-46-28-8-6-7-27-45-61(81)66(63(53-33-17-10-18-34-53)54-35-19-11-20-36-54)77-69(84)59-43-29-47-79(59)72(87)58(49-62(82)51(3)74-4)52-31-15-9-16-32-52/h10-13,17-24,33-40,50-52,57-60,63-67,74H,5-9,14-16,25-32,41-49H2,1-4H3,(H,75,86)(H,76,83)(H,77,84)(H,78,85)/t50-,51-,58+,59?,60?,65+,66-,67+/m1/s1. The zero-order chi connectivity index (χ0) is 62.4. The fourth-order valence-corrected chi connectivity index (χ4v) is 14.3. The van der Waals surface area contributed by atoms with E-state index in [0.717, 1.165) is 106 Å². The zero-order valence-electron chi connectivity index (χ0n) is 52.8. The highest BCUT2D eigenvalue weighted by Gasteiger charge is 2.45. The number of nitrogens with zero attached hydrogens (tertiary/aromatic N) is 2. The van der Waals surface area contributed by atoms with Gasteiger partial charge in [0, 0.05) is 56.1 Å². The lowest BCUT2D eigenvalue weighted by Gasteiger charge is -2.36. The van der Waals surface area contributed by atoms with Gasteiger partial charge in [-0.15, -0.1) is 0 Å². The van der Waals surface area contributed by atoms with E-state index in [4.69, 9.17) is 0 Å². The number of rotatable bonds is 31. The maximum Gasteiger partial charge on any atom is 0.246 e. The summed E-state index contributed by atoms with van der Waals surface area (Å²) in [5.41, 5.74) is 3.49. The summed E-state index contributed by atoms with van der Waals surface area (Å²) >= 11 is 0. The molecule has 4 aliphatic rings. The summed E-state index contributed by atoms with van der Waals surface area (Å²) in [6.45, 7) is 6.81. The van der Waals surface area contributed by atoms with Crippen molar-refractivity contribution in [1.82, 2.24) is 36.4 Å². The molecule has 15 nitrogen and oxygen atoms in total. The second kappa shape index (κ2) is 34.1. The molecule has 2 aliphatic heterocycles. The van der Waals surface area contributed by atoms with Crippen LogP contribution in [0.2, 0.25) is 0 Å². The molecule has 8 rings (SSSR count). The normalized spacial score (nSPS) is 19.5. The molecule has 8 atom stereocenters. The fourth-order valence-electron chi connectivity index (χ4n) is 14.3. The summed E-state index contributed by atoms with van der Waals surface area (Å²) in [7, 11) is 1.75. The van der Waals surface area contributed by atoms with Gasteiger partial charge in [0.1, 0.15) is 30.0 Å². The quantitative estimate of drug-likeness (QED) is 0.0304. The summed E-state index contributed by atoms with van der Waals surface area (Å²) in [6.07, 6.45) is 16.4. The minimum atomic E-state index is -1.03. The Bertz CT molecular complexity index is 2610. The molecule has 2 saturated heterocycles. The Morgan fingerprint density at radius 1 is 0.477 bits per heavy atom. The van der Waals surface area contributed by atoms with Crippen molar-refractivity contribution in [2.75, 3.05) is 26.7 Å². The van der Waals surface area contributed by atoms with Crippen molar-refractivity contribution in [3.8, 4) is 0 Å². The van der Waals surface area contributed by atoms with E-state index in [2.05, 4.69) is 26.6 Å². The largest absolute Gasteiger partial charge is 0.354 e. The van der Waals surface area contributed by atoms with Crippen LogP contribution < -0.4 is 26.6 Å². The number of amides is 6. The number of benzene rings is 4. The van der Waals surface area contributed by atoms with Gasteiger partial charge in [-0.25, -0.2) is 0 Å². The van der Waals surface area contributed by atoms with Gasteiger partial charge >= 0.3 is 0 Å². The molecule has 474 valence electrons. The number of carbonyl (C=O) groups is 8. The molecule has 2 heterocycles. The van der Waals surface area contributed by atoms with Crippen LogP contribution in [0.15, 0.2) is 121 Å². The highest BCUT2D eigenvalue weighted by molar-refractivity contribution is 5.97. The molecule has 5 N–H and O–H groups in total. The molecule has 4 fully saturated rings. The van der Waals surface area contributed by atoms with Gasteiger partial charge in [0.15, 0.2) is 5.78 Å². The minimum Gasteiger partial charge on any atom is -0.354 e. The first-order valence-electron chi connectivity index (χ1n) is 33.5. The third-order valence-corrected chi connectivity index (χ3v) is 19.7. The van der Waals surface area contributed by atoms with Crippen molar-refractivity contribution < 1.29 is 38.4 Å². The van der Waals surface area contributed by atoms with Crippen LogP contribution in [-0.4, -0.2) is 120 Å². The van der Waals surface area contributed by atoms with E-state index in [9.17, 15) is 38.4 Å². The Morgan fingerprint density at radius 2 is 0.920 bits per heavy atom. The summed E-state index contributed by atoms with van der Waals surface area (Å²) in [5.74, 6) is -3.43. The van der Waals surface area contributed by atoms with Gasteiger partial charge in [0.05, 0.1) is 12.1 Å². The predicted molar refractivity (Wildman–Crippen MR) is 345 cm³/mol. The molecule has 4 aromatic carbocycles. The second-order valence-electron chi connectivity index (χ2n) is 25.6. The third kappa shape index (κ3) is 17.9. The first kappa shape index (κ1) is 66.9. The molecular formula is C73H99N7O8. The highest BCUT2D eigenvalue weighted by atomic mass is 16.2. The van der Waals surface area contributed by atoms with E-state index >= 15 is 0 Å². The first-order chi connectivity index (χ1) is 42.8. The van der Waals surface area contributed by atoms with Crippen molar-refractivity contribution in [3.63, 3.8) is 0 Å². The Morgan fingerprint density at radius 3 is 1.41 bits per heavy atom. The fraction of sp³-hybridized carbons (Fsp3) is 0.562. The van der Waals surface area contributed by atoms with Gasteiger partial charge in [0.2, 0.25) is 35.4 Å². The van der Waals surface area contributed by atoms with Crippen LogP contribution in [-0.2, 0) is 38.4 Å². The number of Topliss-reactive ketones (excluding diaryl/α,β-unsaturated/α-hetero) is 2. The molecule has 0 spiro atoms.